The van der Waals surface area contributed by atoms with E-state index in [0.29, 0.717) is 24.3 Å². The fourth-order valence-electron chi connectivity index (χ4n) is 3.24. The minimum Gasteiger partial charge on any atom is -0.373 e. The Morgan fingerprint density at radius 3 is 2.94 bits per heavy atom. The maximum Gasteiger partial charge on any atom is 0.0733 e. The number of nitrogens with one attached hydrogen (secondary N) is 1. The highest BCUT2D eigenvalue weighted by molar-refractivity contribution is 9.10. The van der Waals surface area contributed by atoms with Gasteiger partial charge in [-0.1, -0.05) is 35.0 Å². The van der Waals surface area contributed by atoms with Crippen LogP contribution in [0.5, 0.6) is 0 Å². The Morgan fingerprint density at radius 1 is 1.44 bits per heavy atom. The number of hydrogen-bond acceptors (Lipinski definition) is 2. The molecule has 98 valence electrons. The molecule has 0 radical (unpaired) electrons. The third kappa shape index (κ3) is 2.49. The number of halogens is 1. The summed E-state index contributed by atoms with van der Waals surface area (Å²) in [5, 5.41) is 3.79. The van der Waals surface area contributed by atoms with Crippen molar-refractivity contribution >= 4 is 15.9 Å². The molecule has 0 amide bonds. The molecular weight excluding hydrogens is 290 g/mol. The van der Waals surface area contributed by atoms with Gasteiger partial charge in [0, 0.05) is 16.6 Å². The van der Waals surface area contributed by atoms with Crippen LogP contribution in [-0.2, 0) is 4.74 Å². The molecule has 2 fully saturated rings. The lowest BCUT2D eigenvalue weighted by molar-refractivity contribution is 0.0959. The van der Waals surface area contributed by atoms with E-state index >= 15 is 0 Å². The van der Waals surface area contributed by atoms with E-state index in [4.69, 9.17) is 4.74 Å². The Morgan fingerprint density at radius 2 is 2.33 bits per heavy atom. The van der Waals surface area contributed by atoms with Crippen LogP contribution in [0.1, 0.15) is 44.2 Å². The molecule has 1 aromatic carbocycles. The van der Waals surface area contributed by atoms with E-state index in [0.717, 1.165) is 10.9 Å². The Hall–Kier alpha value is -0.380. The first-order valence-electron chi connectivity index (χ1n) is 6.93. The lowest BCUT2D eigenvalue weighted by Gasteiger charge is -2.26. The van der Waals surface area contributed by atoms with E-state index < -0.39 is 0 Å². The smallest absolute Gasteiger partial charge is 0.0733 e. The number of rotatable bonds is 4. The van der Waals surface area contributed by atoms with Gasteiger partial charge in [-0.3, -0.25) is 0 Å². The monoisotopic (exact) mass is 309 g/mol. The van der Waals surface area contributed by atoms with Crippen LogP contribution >= 0.6 is 15.9 Å². The molecule has 4 atom stereocenters. The molecule has 18 heavy (non-hydrogen) atoms. The van der Waals surface area contributed by atoms with E-state index in [9.17, 15) is 0 Å². The van der Waals surface area contributed by atoms with Gasteiger partial charge in [-0.15, -0.1) is 0 Å². The standard InChI is InChI=1S/C15H20BrNO/c1-2-13(10-4-3-5-11(16)8-10)17-14-9-12-6-7-15(14)18-12/h3-5,8,12-15,17H,2,6-7,9H2,1H3. The summed E-state index contributed by atoms with van der Waals surface area (Å²) in [6, 6.07) is 9.61. The van der Waals surface area contributed by atoms with Gasteiger partial charge in [0.15, 0.2) is 0 Å². The molecule has 0 aliphatic carbocycles. The van der Waals surface area contributed by atoms with Gasteiger partial charge in [-0.2, -0.15) is 0 Å². The number of ether oxygens (including phenoxy) is 1. The summed E-state index contributed by atoms with van der Waals surface area (Å²) in [7, 11) is 0. The molecule has 2 aliphatic heterocycles. The van der Waals surface area contributed by atoms with Gasteiger partial charge >= 0.3 is 0 Å². The first-order chi connectivity index (χ1) is 8.76. The van der Waals surface area contributed by atoms with Crippen molar-refractivity contribution in [2.24, 2.45) is 0 Å². The summed E-state index contributed by atoms with van der Waals surface area (Å²) in [5.74, 6) is 0. The highest BCUT2D eigenvalue weighted by atomic mass is 79.9. The third-order valence-electron chi connectivity index (χ3n) is 4.18. The average molecular weight is 310 g/mol. The summed E-state index contributed by atoms with van der Waals surface area (Å²) in [4.78, 5) is 0. The topological polar surface area (TPSA) is 21.3 Å². The van der Waals surface area contributed by atoms with Crippen LogP contribution in [0, 0.1) is 0 Å². The van der Waals surface area contributed by atoms with Crippen LogP contribution in [0.4, 0.5) is 0 Å². The summed E-state index contributed by atoms with van der Waals surface area (Å²) < 4.78 is 7.07. The Labute approximate surface area is 117 Å². The zero-order chi connectivity index (χ0) is 12.5. The van der Waals surface area contributed by atoms with Gasteiger partial charge < -0.3 is 10.1 Å². The van der Waals surface area contributed by atoms with Crippen molar-refractivity contribution in [1.29, 1.82) is 0 Å². The van der Waals surface area contributed by atoms with E-state index in [2.05, 4.69) is 52.4 Å². The second-order valence-corrected chi connectivity index (χ2v) is 6.31. The van der Waals surface area contributed by atoms with Gasteiger partial charge in [0.2, 0.25) is 0 Å². The molecule has 2 aliphatic rings. The molecular formula is C15H20BrNO. The average Bonchev–Trinajstić information content (AvgIpc) is 2.98. The SMILES string of the molecule is CCC(NC1CC2CCC1O2)c1cccc(Br)c1. The number of benzene rings is 1. The van der Waals surface area contributed by atoms with Crippen molar-refractivity contribution in [3.63, 3.8) is 0 Å². The lowest BCUT2D eigenvalue weighted by atomic mass is 9.93. The molecule has 2 heterocycles. The van der Waals surface area contributed by atoms with Crippen LogP contribution in [0.25, 0.3) is 0 Å². The molecule has 2 saturated heterocycles. The van der Waals surface area contributed by atoms with Gasteiger partial charge in [-0.25, -0.2) is 0 Å². The summed E-state index contributed by atoms with van der Waals surface area (Å²) in [6.45, 7) is 2.24. The fourth-order valence-corrected chi connectivity index (χ4v) is 3.66. The van der Waals surface area contributed by atoms with Crippen molar-refractivity contribution in [3.8, 4) is 0 Å². The molecule has 0 aromatic heterocycles. The van der Waals surface area contributed by atoms with Gasteiger partial charge in [0.1, 0.15) is 0 Å². The molecule has 4 unspecified atom stereocenters. The van der Waals surface area contributed by atoms with Crippen LogP contribution < -0.4 is 5.32 Å². The summed E-state index contributed by atoms with van der Waals surface area (Å²) >= 11 is 3.55. The minimum atomic E-state index is 0.440. The molecule has 1 aromatic rings. The quantitative estimate of drug-likeness (QED) is 0.913. The maximum atomic E-state index is 5.92. The molecule has 2 bridgehead atoms. The minimum absolute atomic E-state index is 0.440. The zero-order valence-electron chi connectivity index (χ0n) is 10.7. The second kappa shape index (κ2) is 5.32. The normalized spacial score (nSPS) is 31.8. The maximum absolute atomic E-state index is 5.92. The van der Waals surface area contributed by atoms with Crippen molar-refractivity contribution in [3.05, 3.63) is 34.3 Å². The fraction of sp³-hybridized carbons (Fsp3) is 0.600. The number of fused-ring (bicyclic) bond motifs is 2. The zero-order valence-corrected chi connectivity index (χ0v) is 12.3. The molecule has 0 saturated carbocycles. The highest BCUT2D eigenvalue weighted by Gasteiger charge is 2.41. The van der Waals surface area contributed by atoms with E-state index in [1.54, 1.807) is 0 Å². The summed E-state index contributed by atoms with van der Waals surface area (Å²) in [6.07, 6.45) is 5.77. The highest BCUT2D eigenvalue weighted by Crippen LogP contribution is 2.36. The van der Waals surface area contributed by atoms with Crippen LogP contribution in [0.3, 0.4) is 0 Å². The Balaban J connectivity index is 1.69. The van der Waals surface area contributed by atoms with Crippen LogP contribution in [0.2, 0.25) is 0 Å². The van der Waals surface area contributed by atoms with Gasteiger partial charge in [-0.05, 0) is 43.4 Å². The first-order valence-corrected chi connectivity index (χ1v) is 7.72. The lowest BCUT2D eigenvalue weighted by Crippen LogP contribution is -2.39. The predicted octanol–water partition coefficient (Wildman–Crippen LogP) is 3.81. The predicted molar refractivity (Wildman–Crippen MR) is 76.6 cm³/mol. The van der Waals surface area contributed by atoms with E-state index in [1.165, 1.54) is 24.8 Å². The molecule has 2 nitrogen and oxygen atoms in total. The van der Waals surface area contributed by atoms with Gasteiger partial charge in [0.25, 0.3) is 0 Å². The molecule has 3 heteroatoms. The second-order valence-electron chi connectivity index (χ2n) is 5.40. The van der Waals surface area contributed by atoms with Gasteiger partial charge in [0.05, 0.1) is 12.2 Å². The van der Waals surface area contributed by atoms with Crippen LogP contribution in [-0.4, -0.2) is 18.2 Å². The van der Waals surface area contributed by atoms with E-state index in [-0.39, 0.29) is 0 Å². The Kier molecular flexibility index (Phi) is 3.73. The van der Waals surface area contributed by atoms with E-state index in [1.807, 2.05) is 0 Å². The third-order valence-corrected chi connectivity index (χ3v) is 4.67. The number of hydrogen-bond donors (Lipinski definition) is 1. The van der Waals surface area contributed by atoms with Crippen molar-refractivity contribution in [2.45, 2.75) is 56.9 Å². The van der Waals surface area contributed by atoms with Crippen molar-refractivity contribution in [2.75, 3.05) is 0 Å². The van der Waals surface area contributed by atoms with Crippen molar-refractivity contribution in [1.82, 2.24) is 5.32 Å². The molecule has 3 rings (SSSR count). The van der Waals surface area contributed by atoms with Crippen molar-refractivity contribution < 1.29 is 4.74 Å². The first kappa shape index (κ1) is 12.6. The van der Waals surface area contributed by atoms with Crippen LogP contribution in [0.15, 0.2) is 28.7 Å². The molecule has 1 N–H and O–H groups in total. The Bertz CT molecular complexity index is 423. The molecule has 0 spiro atoms. The largest absolute Gasteiger partial charge is 0.373 e. The summed E-state index contributed by atoms with van der Waals surface area (Å²) in [5.41, 5.74) is 1.37.